The second-order valence-electron chi connectivity index (χ2n) is 10.3. The monoisotopic (exact) mass is 584 g/mol. The zero-order valence-electron chi connectivity index (χ0n) is 21.6. The molecule has 2 aromatic carbocycles. The number of carbonyl (C=O) groups excluding carboxylic acids is 2. The van der Waals surface area contributed by atoms with Gasteiger partial charge in [0.2, 0.25) is 0 Å². The second kappa shape index (κ2) is 11.4. The van der Waals surface area contributed by atoms with Gasteiger partial charge in [-0.05, 0) is 65.8 Å². The van der Waals surface area contributed by atoms with Gasteiger partial charge in [0.25, 0.3) is 9.05 Å². The van der Waals surface area contributed by atoms with Crippen LogP contribution in [0.5, 0.6) is 0 Å². The molecule has 0 aliphatic rings. The Morgan fingerprint density at radius 3 is 1.79 bits per heavy atom. The Bertz CT molecular complexity index is 1630. The number of fused-ring (bicyclic) bond motifs is 2. The lowest BCUT2D eigenvalue weighted by Crippen LogP contribution is -2.28. The third-order valence-electron chi connectivity index (χ3n) is 4.82. The lowest BCUT2D eigenvalue weighted by Gasteiger charge is -2.20. The molecule has 0 radical (unpaired) electrons. The summed E-state index contributed by atoms with van der Waals surface area (Å²) in [7, 11) is 1.08. The van der Waals surface area contributed by atoms with Gasteiger partial charge in [0.05, 0.1) is 11.0 Å². The van der Waals surface area contributed by atoms with Crippen molar-refractivity contribution in [3.05, 3.63) is 66.4 Å². The van der Waals surface area contributed by atoms with Crippen LogP contribution in [0.25, 0.3) is 21.8 Å². The van der Waals surface area contributed by atoms with E-state index in [4.69, 9.17) is 20.2 Å². The molecule has 0 atom stereocenters. The summed E-state index contributed by atoms with van der Waals surface area (Å²) in [5.74, 6) is -1.18. The van der Waals surface area contributed by atoms with Crippen LogP contribution < -0.4 is 0 Å². The van der Waals surface area contributed by atoms with Gasteiger partial charge in [-0.25, -0.2) is 35.9 Å². The van der Waals surface area contributed by atoms with Gasteiger partial charge in [-0.3, -0.25) is 0 Å². The quantitative estimate of drug-likeness (QED) is 0.213. The van der Waals surface area contributed by atoms with Crippen LogP contribution in [-0.2, 0) is 18.5 Å². The van der Waals surface area contributed by atoms with E-state index in [1.807, 2.05) is 0 Å². The van der Waals surface area contributed by atoms with Gasteiger partial charge in [0.1, 0.15) is 22.8 Å². The van der Waals surface area contributed by atoms with Crippen LogP contribution >= 0.6 is 10.7 Å². The summed E-state index contributed by atoms with van der Waals surface area (Å²) < 4.78 is 63.0. The highest BCUT2D eigenvalue weighted by molar-refractivity contribution is 8.13. The van der Waals surface area contributed by atoms with Crippen LogP contribution in [0.2, 0.25) is 0 Å². The van der Waals surface area contributed by atoms with Crippen molar-refractivity contribution in [2.24, 2.45) is 0 Å². The number of nitrogens with zero attached hydrogens (tertiary/aromatic N) is 2. The molecule has 2 aromatic heterocycles. The van der Waals surface area contributed by atoms with Gasteiger partial charge in [0.15, 0.2) is 5.03 Å². The molecule has 0 aliphatic carbocycles. The average molecular weight is 585 g/mol. The number of hydrogen-bond acceptors (Lipinski definition) is 6. The maximum atomic E-state index is 14.0. The molecular formula is C27H31ClF2N2O6S. The Kier molecular flexibility index (Phi) is 9.25. The van der Waals surface area contributed by atoms with E-state index in [0.29, 0.717) is 9.95 Å². The van der Waals surface area contributed by atoms with Crippen LogP contribution in [-0.4, -0.2) is 40.9 Å². The Morgan fingerprint density at radius 1 is 0.795 bits per heavy atom. The fourth-order valence-corrected chi connectivity index (χ4v) is 4.47. The van der Waals surface area contributed by atoms with E-state index in [2.05, 4.69) is 0 Å². The first-order valence-electron chi connectivity index (χ1n) is 11.4. The molecule has 0 aliphatic heterocycles. The lowest BCUT2D eigenvalue weighted by molar-refractivity contribution is 0.0523. The number of halogens is 3. The number of rotatable bonds is 1. The first kappa shape index (κ1) is 31.8. The third kappa shape index (κ3) is 7.57. The summed E-state index contributed by atoms with van der Waals surface area (Å²) in [6.07, 6.45) is -0.0682. The minimum absolute atomic E-state index is 0. The van der Waals surface area contributed by atoms with Crippen molar-refractivity contribution in [3.8, 4) is 0 Å². The summed E-state index contributed by atoms with van der Waals surface area (Å²) in [4.78, 5) is 24.1. The number of para-hydroxylation sites is 2. The van der Waals surface area contributed by atoms with Crippen molar-refractivity contribution in [1.82, 2.24) is 9.13 Å². The molecule has 212 valence electrons. The van der Waals surface area contributed by atoms with Crippen molar-refractivity contribution in [2.75, 3.05) is 0 Å². The van der Waals surface area contributed by atoms with Crippen molar-refractivity contribution >= 4 is 53.7 Å². The van der Waals surface area contributed by atoms with Gasteiger partial charge in [-0.15, -0.1) is 0 Å². The second-order valence-corrected chi connectivity index (χ2v) is 12.8. The standard InChI is InChI=1S/C13H13ClFNO4S.C13H14FNO2.CH4/c1-13(2,3)20-12(17)16-10(21(14,18)19)7-8-5-4-6-9(15)11(8)16;1-13(2,3)17-12(16)15-8-7-9-5-4-6-10(14)11(9)15;/h4-7H,1-3H3;4-8H,1-3H3;1H4. The number of ether oxygens (including phenoxy) is 2. The molecule has 2 heterocycles. The summed E-state index contributed by atoms with van der Waals surface area (Å²) in [5.41, 5.74) is -1.40. The van der Waals surface area contributed by atoms with Crippen LogP contribution in [0.15, 0.2) is 59.8 Å². The molecule has 0 saturated carbocycles. The Morgan fingerprint density at radius 2 is 1.28 bits per heavy atom. The predicted molar refractivity (Wildman–Crippen MR) is 147 cm³/mol. The molecule has 8 nitrogen and oxygen atoms in total. The average Bonchev–Trinajstić information content (AvgIpc) is 3.35. The minimum Gasteiger partial charge on any atom is -0.443 e. The van der Waals surface area contributed by atoms with E-state index in [1.165, 1.54) is 29.0 Å². The van der Waals surface area contributed by atoms with E-state index >= 15 is 0 Å². The zero-order chi connectivity index (χ0) is 28.6. The van der Waals surface area contributed by atoms with Crippen LogP contribution in [0, 0.1) is 11.6 Å². The normalized spacial score (nSPS) is 11.9. The molecule has 0 spiro atoms. The molecule has 0 unspecified atom stereocenters. The van der Waals surface area contributed by atoms with Crippen LogP contribution in [0.3, 0.4) is 0 Å². The first-order valence-corrected chi connectivity index (χ1v) is 13.7. The maximum absolute atomic E-state index is 14.0. The van der Waals surface area contributed by atoms with E-state index in [-0.39, 0.29) is 23.8 Å². The molecule has 39 heavy (non-hydrogen) atoms. The van der Waals surface area contributed by atoms with Gasteiger partial charge in [-0.2, -0.15) is 0 Å². The van der Waals surface area contributed by atoms with Crippen LogP contribution in [0.1, 0.15) is 49.0 Å². The number of carbonyl (C=O) groups is 2. The summed E-state index contributed by atoms with van der Waals surface area (Å²) in [6, 6.07) is 11.5. The first-order chi connectivity index (χ1) is 17.4. The molecular weight excluding hydrogens is 554 g/mol. The van der Waals surface area contributed by atoms with Crippen molar-refractivity contribution in [3.63, 3.8) is 0 Å². The highest BCUT2D eigenvalue weighted by Gasteiger charge is 2.28. The van der Waals surface area contributed by atoms with Crippen LogP contribution in [0.4, 0.5) is 18.4 Å². The van der Waals surface area contributed by atoms with Gasteiger partial charge < -0.3 is 9.47 Å². The number of aromatic nitrogens is 2. The summed E-state index contributed by atoms with van der Waals surface area (Å²) in [5, 5.41) is 0.384. The zero-order valence-corrected chi connectivity index (χ0v) is 23.2. The molecule has 0 bridgehead atoms. The molecule has 4 rings (SSSR count). The Labute approximate surface area is 230 Å². The van der Waals surface area contributed by atoms with E-state index in [0.717, 1.165) is 12.1 Å². The van der Waals surface area contributed by atoms with E-state index in [9.17, 15) is 26.8 Å². The summed E-state index contributed by atoms with van der Waals surface area (Å²) in [6.45, 7) is 10.2. The highest BCUT2D eigenvalue weighted by atomic mass is 35.7. The Hall–Kier alpha value is -3.44. The number of hydrogen-bond donors (Lipinski definition) is 0. The number of benzene rings is 2. The van der Waals surface area contributed by atoms with Crippen molar-refractivity contribution < 1.29 is 36.3 Å². The molecule has 0 saturated heterocycles. The highest BCUT2D eigenvalue weighted by Crippen LogP contribution is 2.29. The minimum atomic E-state index is -4.25. The lowest BCUT2D eigenvalue weighted by atomic mass is 10.2. The smallest absolute Gasteiger partial charge is 0.420 e. The summed E-state index contributed by atoms with van der Waals surface area (Å²) >= 11 is 0. The van der Waals surface area contributed by atoms with E-state index in [1.54, 1.807) is 59.7 Å². The van der Waals surface area contributed by atoms with Crippen molar-refractivity contribution in [1.29, 1.82) is 0 Å². The van der Waals surface area contributed by atoms with Gasteiger partial charge in [0, 0.05) is 27.7 Å². The van der Waals surface area contributed by atoms with Gasteiger partial charge in [-0.1, -0.05) is 31.7 Å². The maximum Gasteiger partial charge on any atom is 0.420 e. The van der Waals surface area contributed by atoms with E-state index < -0.39 is 49.1 Å². The predicted octanol–water partition coefficient (Wildman–Crippen LogP) is 7.69. The Balaban J connectivity index is 0.000000272. The molecule has 12 heteroatoms. The van der Waals surface area contributed by atoms with Gasteiger partial charge >= 0.3 is 12.2 Å². The SMILES string of the molecule is C.CC(C)(C)OC(=O)n1c(S(=O)(=O)Cl)cc2cccc(F)c21.CC(C)(C)OC(=O)n1ccc2cccc(F)c21. The van der Waals surface area contributed by atoms with Crippen molar-refractivity contribution in [2.45, 2.75) is 65.2 Å². The largest absolute Gasteiger partial charge is 0.443 e. The molecule has 0 amide bonds. The molecule has 0 N–H and O–H groups in total. The fraction of sp³-hybridized carbons (Fsp3) is 0.333. The molecule has 4 aromatic rings. The topological polar surface area (TPSA) is 96.6 Å². The molecule has 0 fully saturated rings. The third-order valence-corrected chi connectivity index (χ3v) is 6.09. The fourth-order valence-electron chi connectivity index (χ4n) is 3.47.